The zero-order valence-electron chi connectivity index (χ0n) is 14.7. The second kappa shape index (κ2) is 8.47. The number of amides is 1. The Balaban J connectivity index is 2.04. The van der Waals surface area contributed by atoms with E-state index in [1.165, 1.54) is 30.0 Å². The standard InChI is InChI=1S/C17H32N2O3S/c1-3-4-14-23(21,22)19-13-9-12-16(19)17(20)18(2)15-10-7-5-6-8-11-15/h15-16H,3-14H2,1-2H3. The minimum Gasteiger partial charge on any atom is -0.341 e. The van der Waals surface area contributed by atoms with Gasteiger partial charge < -0.3 is 4.90 Å². The topological polar surface area (TPSA) is 57.7 Å². The van der Waals surface area contributed by atoms with Crippen LogP contribution in [0.1, 0.15) is 71.1 Å². The van der Waals surface area contributed by atoms with E-state index in [9.17, 15) is 13.2 Å². The summed E-state index contributed by atoms with van der Waals surface area (Å²) in [5.41, 5.74) is 0. The van der Waals surface area contributed by atoms with Crippen LogP contribution < -0.4 is 0 Å². The van der Waals surface area contributed by atoms with Crippen LogP contribution in [0.25, 0.3) is 0 Å². The maximum absolute atomic E-state index is 12.9. The summed E-state index contributed by atoms with van der Waals surface area (Å²) in [7, 11) is -1.43. The lowest BCUT2D eigenvalue weighted by Gasteiger charge is -2.32. The van der Waals surface area contributed by atoms with Gasteiger partial charge in [-0.05, 0) is 32.1 Å². The lowest BCUT2D eigenvalue weighted by molar-refractivity contribution is -0.135. The largest absolute Gasteiger partial charge is 0.341 e. The molecule has 1 atom stereocenters. The zero-order valence-corrected chi connectivity index (χ0v) is 15.5. The molecule has 0 aromatic heterocycles. The molecule has 1 unspecified atom stereocenters. The van der Waals surface area contributed by atoms with E-state index in [1.54, 1.807) is 0 Å². The van der Waals surface area contributed by atoms with E-state index in [2.05, 4.69) is 0 Å². The SMILES string of the molecule is CCCCS(=O)(=O)N1CCCC1C(=O)N(C)C1CCCCCC1. The predicted molar refractivity (Wildman–Crippen MR) is 92.7 cm³/mol. The molecular formula is C17H32N2O3S. The van der Waals surface area contributed by atoms with Crippen molar-refractivity contribution in [2.75, 3.05) is 19.3 Å². The van der Waals surface area contributed by atoms with E-state index in [1.807, 2.05) is 18.9 Å². The smallest absolute Gasteiger partial charge is 0.241 e. The highest BCUT2D eigenvalue weighted by molar-refractivity contribution is 7.89. The Morgan fingerprint density at radius 3 is 2.35 bits per heavy atom. The average Bonchev–Trinajstić information content (AvgIpc) is 2.88. The molecule has 1 aliphatic carbocycles. The van der Waals surface area contributed by atoms with Gasteiger partial charge in [0.25, 0.3) is 0 Å². The first-order valence-corrected chi connectivity index (χ1v) is 10.8. The Bertz CT molecular complexity index is 484. The van der Waals surface area contributed by atoms with Crippen LogP contribution in [-0.4, -0.2) is 55.0 Å². The minimum atomic E-state index is -3.30. The van der Waals surface area contributed by atoms with Gasteiger partial charge in [0, 0.05) is 19.6 Å². The summed E-state index contributed by atoms with van der Waals surface area (Å²) in [5.74, 6) is 0.176. The number of hydrogen-bond donors (Lipinski definition) is 0. The number of carbonyl (C=O) groups excluding carboxylic acids is 1. The van der Waals surface area contributed by atoms with Gasteiger partial charge in [0.1, 0.15) is 6.04 Å². The molecule has 134 valence electrons. The first-order chi connectivity index (χ1) is 11.0. The summed E-state index contributed by atoms with van der Waals surface area (Å²) >= 11 is 0. The number of unbranched alkanes of at least 4 members (excludes halogenated alkanes) is 1. The van der Waals surface area contributed by atoms with Crippen LogP contribution in [0.4, 0.5) is 0 Å². The van der Waals surface area contributed by atoms with Crippen LogP contribution in [0.15, 0.2) is 0 Å². The van der Waals surface area contributed by atoms with Crippen molar-refractivity contribution in [2.45, 2.75) is 83.2 Å². The average molecular weight is 345 g/mol. The summed E-state index contributed by atoms with van der Waals surface area (Å²) in [6.07, 6.45) is 9.93. The highest BCUT2D eigenvalue weighted by atomic mass is 32.2. The Morgan fingerprint density at radius 1 is 1.09 bits per heavy atom. The van der Waals surface area contributed by atoms with Crippen LogP contribution in [0.3, 0.4) is 0 Å². The van der Waals surface area contributed by atoms with E-state index >= 15 is 0 Å². The Labute approximate surface area is 141 Å². The van der Waals surface area contributed by atoms with Gasteiger partial charge in [0.2, 0.25) is 15.9 Å². The molecule has 6 heteroatoms. The van der Waals surface area contributed by atoms with Gasteiger partial charge in [-0.15, -0.1) is 0 Å². The fraction of sp³-hybridized carbons (Fsp3) is 0.941. The molecule has 2 aliphatic rings. The van der Waals surface area contributed by atoms with Gasteiger partial charge in [0.05, 0.1) is 5.75 Å². The van der Waals surface area contributed by atoms with E-state index in [0.29, 0.717) is 19.4 Å². The minimum absolute atomic E-state index is 0.00877. The van der Waals surface area contributed by atoms with E-state index in [0.717, 1.165) is 25.7 Å². The third-order valence-corrected chi connectivity index (χ3v) is 7.28. The molecular weight excluding hydrogens is 312 g/mol. The highest BCUT2D eigenvalue weighted by Crippen LogP contribution is 2.27. The number of hydrogen-bond acceptors (Lipinski definition) is 3. The van der Waals surface area contributed by atoms with E-state index in [4.69, 9.17) is 0 Å². The zero-order chi connectivity index (χ0) is 16.9. The predicted octanol–water partition coefficient (Wildman–Crippen LogP) is 2.76. The number of sulfonamides is 1. The molecule has 2 rings (SSSR count). The van der Waals surface area contributed by atoms with Crippen molar-refractivity contribution in [3.05, 3.63) is 0 Å². The molecule has 1 heterocycles. The van der Waals surface area contributed by atoms with Crippen molar-refractivity contribution in [3.63, 3.8) is 0 Å². The number of nitrogens with zero attached hydrogens (tertiary/aromatic N) is 2. The number of rotatable bonds is 6. The fourth-order valence-corrected chi connectivity index (χ4v) is 5.70. The summed E-state index contributed by atoms with van der Waals surface area (Å²) in [6.45, 7) is 2.49. The van der Waals surface area contributed by atoms with Gasteiger partial charge in [-0.2, -0.15) is 4.31 Å². The normalized spacial score (nSPS) is 24.5. The highest BCUT2D eigenvalue weighted by Gasteiger charge is 2.40. The summed E-state index contributed by atoms with van der Waals surface area (Å²) in [5, 5.41) is 0. The van der Waals surface area contributed by atoms with Gasteiger partial charge in [0.15, 0.2) is 0 Å². The second-order valence-corrected chi connectivity index (χ2v) is 9.07. The molecule has 23 heavy (non-hydrogen) atoms. The van der Waals surface area contributed by atoms with E-state index < -0.39 is 16.1 Å². The molecule has 1 aliphatic heterocycles. The summed E-state index contributed by atoms with van der Waals surface area (Å²) < 4.78 is 26.5. The third kappa shape index (κ3) is 4.69. The first kappa shape index (κ1) is 18.7. The van der Waals surface area contributed by atoms with Crippen LogP contribution in [0.5, 0.6) is 0 Å². The van der Waals surface area contributed by atoms with Gasteiger partial charge in [-0.1, -0.05) is 39.0 Å². The Kier molecular flexibility index (Phi) is 6.89. The summed E-state index contributed by atoms with van der Waals surface area (Å²) in [4.78, 5) is 14.8. The number of carbonyl (C=O) groups is 1. The molecule has 0 radical (unpaired) electrons. The fourth-order valence-electron chi connectivity index (χ4n) is 3.82. The maximum Gasteiger partial charge on any atom is 0.241 e. The van der Waals surface area contributed by atoms with Crippen LogP contribution in [0, 0.1) is 0 Å². The molecule has 5 nitrogen and oxygen atoms in total. The molecule has 0 spiro atoms. The monoisotopic (exact) mass is 344 g/mol. The quantitative estimate of drug-likeness (QED) is 0.696. The van der Waals surface area contributed by atoms with Gasteiger partial charge in [-0.3, -0.25) is 4.79 Å². The van der Waals surface area contributed by atoms with Crippen molar-refractivity contribution in [1.82, 2.24) is 9.21 Å². The van der Waals surface area contributed by atoms with Crippen LogP contribution in [-0.2, 0) is 14.8 Å². The second-order valence-electron chi connectivity index (χ2n) is 7.03. The maximum atomic E-state index is 12.9. The Morgan fingerprint density at radius 2 is 1.74 bits per heavy atom. The molecule has 0 bridgehead atoms. The van der Waals surface area contributed by atoms with Crippen LogP contribution in [0.2, 0.25) is 0 Å². The molecule has 1 saturated carbocycles. The molecule has 2 fully saturated rings. The van der Waals surface area contributed by atoms with Crippen molar-refractivity contribution < 1.29 is 13.2 Å². The molecule has 1 saturated heterocycles. The van der Waals surface area contributed by atoms with Gasteiger partial charge >= 0.3 is 0 Å². The van der Waals surface area contributed by atoms with Crippen molar-refractivity contribution in [1.29, 1.82) is 0 Å². The molecule has 1 amide bonds. The van der Waals surface area contributed by atoms with Crippen molar-refractivity contribution >= 4 is 15.9 Å². The van der Waals surface area contributed by atoms with Crippen LogP contribution >= 0.6 is 0 Å². The number of likely N-dealkylation sites (N-methyl/N-ethyl adjacent to an activating group) is 1. The Hall–Kier alpha value is -0.620. The summed E-state index contributed by atoms with van der Waals surface area (Å²) in [6, 6.07) is -0.184. The first-order valence-electron chi connectivity index (χ1n) is 9.23. The van der Waals surface area contributed by atoms with Crippen molar-refractivity contribution in [3.8, 4) is 0 Å². The van der Waals surface area contributed by atoms with E-state index in [-0.39, 0.29) is 17.7 Å². The lowest BCUT2D eigenvalue weighted by atomic mass is 10.1. The molecule has 0 aromatic rings. The lowest BCUT2D eigenvalue weighted by Crippen LogP contribution is -2.49. The van der Waals surface area contributed by atoms with Gasteiger partial charge in [-0.25, -0.2) is 8.42 Å². The molecule has 0 N–H and O–H groups in total. The van der Waals surface area contributed by atoms with Crippen molar-refractivity contribution in [2.24, 2.45) is 0 Å². The molecule has 0 aromatic carbocycles. The third-order valence-electron chi connectivity index (χ3n) is 5.32.